The summed E-state index contributed by atoms with van der Waals surface area (Å²) >= 11 is 0. The Morgan fingerprint density at radius 1 is 0.853 bits per heavy atom. The Kier molecular flexibility index (Phi) is 6.27. The summed E-state index contributed by atoms with van der Waals surface area (Å²) in [4.78, 5) is 44.9. The number of nitrogens with zero attached hydrogens (tertiary/aromatic N) is 3. The number of fused-ring (bicyclic) bond motifs is 5. The van der Waals surface area contributed by atoms with Crippen LogP contribution in [-0.2, 0) is 6.54 Å². The number of hydrogen-bond acceptors (Lipinski definition) is 5. The van der Waals surface area contributed by atoms with E-state index < -0.39 is 0 Å². The van der Waals surface area contributed by atoms with Crippen molar-refractivity contribution in [3.05, 3.63) is 59.2 Å². The molecular formula is C25H28N6O3. The molecule has 2 aliphatic rings. The number of imidazole rings is 1. The SMILES string of the molecule is O=C1NCCCCCn2c(nc3cc(C(=O)N4CCNCC4)ccc32)NC(=O)c2cccc1c2. The Balaban J connectivity index is 1.48. The second kappa shape index (κ2) is 9.64. The van der Waals surface area contributed by atoms with Gasteiger partial charge in [-0.3, -0.25) is 19.7 Å². The van der Waals surface area contributed by atoms with Crippen LogP contribution in [-0.4, -0.2) is 64.9 Å². The van der Waals surface area contributed by atoms with Crippen molar-refractivity contribution < 1.29 is 14.4 Å². The molecule has 0 unspecified atom stereocenters. The highest BCUT2D eigenvalue weighted by atomic mass is 16.2. The second-order valence-electron chi connectivity index (χ2n) is 8.68. The highest BCUT2D eigenvalue weighted by molar-refractivity contribution is 6.06. The monoisotopic (exact) mass is 460 g/mol. The highest BCUT2D eigenvalue weighted by Crippen LogP contribution is 2.24. The highest BCUT2D eigenvalue weighted by Gasteiger charge is 2.21. The molecule has 3 N–H and O–H groups in total. The molecule has 1 fully saturated rings. The fourth-order valence-corrected chi connectivity index (χ4v) is 4.49. The van der Waals surface area contributed by atoms with E-state index in [0.717, 1.165) is 37.9 Å². The van der Waals surface area contributed by atoms with Gasteiger partial charge in [0.05, 0.1) is 11.0 Å². The lowest BCUT2D eigenvalue weighted by Crippen LogP contribution is -2.46. The molecule has 3 amide bonds. The van der Waals surface area contributed by atoms with Gasteiger partial charge in [0.15, 0.2) is 0 Å². The molecule has 34 heavy (non-hydrogen) atoms. The molecule has 2 bridgehead atoms. The molecule has 0 radical (unpaired) electrons. The molecule has 0 atom stereocenters. The minimum absolute atomic E-state index is 0.00379. The Hall–Kier alpha value is -3.72. The number of aromatic nitrogens is 2. The van der Waals surface area contributed by atoms with Crippen LogP contribution >= 0.6 is 0 Å². The predicted octanol–water partition coefficient (Wildman–Crippen LogP) is 2.25. The maximum Gasteiger partial charge on any atom is 0.257 e. The summed E-state index contributed by atoms with van der Waals surface area (Å²) in [5.41, 5.74) is 2.99. The fraction of sp³-hybridized carbons (Fsp3) is 0.360. The van der Waals surface area contributed by atoms with Crippen LogP contribution in [0.25, 0.3) is 11.0 Å². The lowest BCUT2D eigenvalue weighted by molar-refractivity contribution is 0.0735. The molecule has 1 aromatic heterocycles. The molecule has 0 spiro atoms. The number of aryl methyl sites for hydroxylation is 1. The summed E-state index contributed by atoms with van der Waals surface area (Å²) in [6.45, 7) is 4.21. The number of benzene rings is 2. The molecule has 176 valence electrons. The maximum absolute atomic E-state index is 13.0. The van der Waals surface area contributed by atoms with Crippen molar-refractivity contribution in [2.24, 2.45) is 0 Å². The molecular weight excluding hydrogens is 432 g/mol. The Bertz CT molecular complexity index is 1240. The number of piperazine rings is 1. The van der Waals surface area contributed by atoms with Gasteiger partial charge in [0, 0.05) is 56.0 Å². The van der Waals surface area contributed by atoms with Gasteiger partial charge in [0.2, 0.25) is 5.95 Å². The van der Waals surface area contributed by atoms with Crippen LogP contribution in [0.15, 0.2) is 42.5 Å². The van der Waals surface area contributed by atoms with E-state index in [1.54, 1.807) is 24.3 Å². The molecule has 3 heterocycles. The normalized spacial score (nSPS) is 17.5. The van der Waals surface area contributed by atoms with E-state index in [1.165, 1.54) is 0 Å². The quantitative estimate of drug-likeness (QED) is 0.516. The third-order valence-corrected chi connectivity index (χ3v) is 6.36. The van der Waals surface area contributed by atoms with Crippen LogP contribution in [0.5, 0.6) is 0 Å². The number of carbonyl (C=O) groups excluding carboxylic acids is 3. The summed E-state index contributed by atoms with van der Waals surface area (Å²) in [6.07, 6.45) is 2.66. The molecule has 2 aliphatic heterocycles. The first-order valence-corrected chi connectivity index (χ1v) is 11.8. The van der Waals surface area contributed by atoms with Crippen molar-refractivity contribution in [2.75, 3.05) is 38.0 Å². The minimum Gasteiger partial charge on any atom is -0.352 e. The van der Waals surface area contributed by atoms with Crippen molar-refractivity contribution in [2.45, 2.75) is 25.8 Å². The van der Waals surface area contributed by atoms with Gasteiger partial charge in [-0.05, 0) is 55.7 Å². The van der Waals surface area contributed by atoms with Crippen molar-refractivity contribution in [3.8, 4) is 0 Å². The van der Waals surface area contributed by atoms with Crippen LogP contribution in [0.1, 0.15) is 50.3 Å². The van der Waals surface area contributed by atoms with E-state index in [9.17, 15) is 14.4 Å². The van der Waals surface area contributed by atoms with E-state index in [2.05, 4.69) is 20.9 Å². The van der Waals surface area contributed by atoms with Gasteiger partial charge in [0.25, 0.3) is 17.7 Å². The molecule has 9 heteroatoms. The van der Waals surface area contributed by atoms with E-state index in [1.807, 2.05) is 27.7 Å². The number of amides is 3. The Morgan fingerprint density at radius 2 is 1.65 bits per heavy atom. The van der Waals surface area contributed by atoms with Crippen molar-refractivity contribution >= 4 is 34.7 Å². The minimum atomic E-state index is -0.333. The van der Waals surface area contributed by atoms with Crippen molar-refractivity contribution in [3.63, 3.8) is 0 Å². The van der Waals surface area contributed by atoms with Crippen LogP contribution in [0.4, 0.5) is 5.95 Å². The fourth-order valence-electron chi connectivity index (χ4n) is 4.49. The Labute approximate surface area is 197 Å². The average molecular weight is 461 g/mol. The van der Waals surface area contributed by atoms with Gasteiger partial charge in [-0.25, -0.2) is 4.98 Å². The van der Waals surface area contributed by atoms with E-state index in [-0.39, 0.29) is 17.7 Å². The molecule has 0 saturated carbocycles. The molecule has 9 nitrogen and oxygen atoms in total. The molecule has 1 saturated heterocycles. The predicted molar refractivity (Wildman–Crippen MR) is 129 cm³/mol. The Morgan fingerprint density at radius 3 is 2.47 bits per heavy atom. The molecule has 2 aromatic carbocycles. The van der Waals surface area contributed by atoms with Crippen molar-refractivity contribution in [1.82, 2.24) is 25.1 Å². The van der Waals surface area contributed by atoms with Gasteiger partial charge >= 0.3 is 0 Å². The number of hydrogen-bond donors (Lipinski definition) is 3. The summed E-state index contributed by atoms with van der Waals surface area (Å²) in [6, 6.07) is 12.2. The largest absolute Gasteiger partial charge is 0.352 e. The summed E-state index contributed by atoms with van der Waals surface area (Å²) < 4.78 is 2.00. The zero-order chi connectivity index (χ0) is 23.5. The van der Waals surface area contributed by atoms with Gasteiger partial charge in [-0.1, -0.05) is 6.07 Å². The zero-order valence-electron chi connectivity index (χ0n) is 19.0. The third kappa shape index (κ3) is 4.51. The molecule has 3 aromatic rings. The summed E-state index contributed by atoms with van der Waals surface area (Å²) in [7, 11) is 0. The number of anilines is 1. The first-order chi connectivity index (χ1) is 16.6. The zero-order valence-corrected chi connectivity index (χ0v) is 19.0. The third-order valence-electron chi connectivity index (χ3n) is 6.36. The van der Waals surface area contributed by atoms with Gasteiger partial charge in [0.1, 0.15) is 0 Å². The van der Waals surface area contributed by atoms with E-state index in [4.69, 9.17) is 0 Å². The first kappa shape index (κ1) is 22.1. The summed E-state index contributed by atoms with van der Waals surface area (Å²) in [5, 5.41) is 9.09. The number of rotatable bonds is 1. The van der Waals surface area contributed by atoms with Gasteiger partial charge in [-0.2, -0.15) is 0 Å². The van der Waals surface area contributed by atoms with Gasteiger partial charge < -0.3 is 20.1 Å². The molecule has 0 aliphatic carbocycles. The van der Waals surface area contributed by atoms with E-state index in [0.29, 0.717) is 54.3 Å². The average Bonchev–Trinajstić information content (AvgIpc) is 3.21. The topological polar surface area (TPSA) is 108 Å². The van der Waals surface area contributed by atoms with E-state index >= 15 is 0 Å². The van der Waals surface area contributed by atoms with Crippen LogP contribution in [0.3, 0.4) is 0 Å². The van der Waals surface area contributed by atoms with Gasteiger partial charge in [-0.15, -0.1) is 0 Å². The summed E-state index contributed by atoms with van der Waals surface area (Å²) in [5.74, 6) is -0.0735. The van der Waals surface area contributed by atoms with Crippen LogP contribution < -0.4 is 16.0 Å². The standard InChI is InChI=1S/C25H28N6O3/c32-22-17-5-4-6-18(15-17)23(33)29-25-28-20-16-19(24(34)30-13-10-26-11-14-30)7-8-21(20)31(25)12-3-1-2-9-27-22/h4-8,15-16,26H,1-3,9-14H2,(H,27,32)(H,28,29,33). The second-order valence-corrected chi connectivity index (χ2v) is 8.68. The molecule has 5 rings (SSSR count). The van der Waals surface area contributed by atoms with Crippen molar-refractivity contribution in [1.29, 1.82) is 0 Å². The lowest BCUT2D eigenvalue weighted by Gasteiger charge is -2.27. The lowest BCUT2D eigenvalue weighted by atomic mass is 10.1. The number of carbonyl (C=O) groups is 3. The maximum atomic E-state index is 13.0. The smallest absolute Gasteiger partial charge is 0.257 e. The van der Waals surface area contributed by atoms with Crippen LogP contribution in [0, 0.1) is 0 Å². The first-order valence-electron chi connectivity index (χ1n) is 11.8. The van der Waals surface area contributed by atoms with Crippen LogP contribution in [0.2, 0.25) is 0 Å². The number of nitrogens with one attached hydrogen (secondary N) is 3.